The summed E-state index contributed by atoms with van der Waals surface area (Å²) in [6.07, 6.45) is 3.92. The van der Waals surface area contributed by atoms with Crippen LogP contribution in [0.4, 0.5) is 0 Å². The van der Waals surface area contributed by atoms with Crippen molar-refractivity contribution >= 4 is 10.1 Å². The van der Waals surface area contributed by atoms with E-state index in [1.807, 2.05) is 24.3 Å². The Labute approximate surface area is 244 Å². The second-order valence-electron chi connectivity index (χ2n) is 9.56. The topological polar surface area (TPSA) is 86.7 Å². The first-order chi connectivity index (χ1) is 17.2. The van der Waals surface area contributed by atoms with Crippen molar-refractivity contribution < 1.29 is 52.4 Å². The first-order valence-electron chi connectivity index (χ1n) is 12.8. The molecule has 0 aliphatic rings. The van der Waals surface area contributed by atoms with Gasteiger partial charge in [-0.2, -0.15) is 0 Å². The average molecular weight is 533 g/mol. The molecule has 0 fully saturated rings. The summed E-state index contributed by atoms with van der Waals surface area (Å²) < 4.78 is 37.8. The Morgan fingerprint density at radius 3 is 2.00 bits per heavy atom. The standard InChI is InChI=1S/C30H38O5S.Na/c1-3-24(26-9-5-4-6-10-26)22-28(27-11-15-29(31)16-12-27)21-23(2)25-13-17-30(18-14-25)35-19-7-8-20-36(32,33)34;/h4-6,9-18,23-24,28,31H,3,7-8,19-22H2,1-2H3,(H,32,33,34);/q;+1/p-1. The number of unbranched alkanes of at least 4 members (excludes halogenated alkanes) is 1. The molecule has 3 unspecified atom stereocenters. The largest absolute Gasteiger partial charge is 1.00 e. The number of hydrogen-bond acceptors (Lipinski definition) is 5. The normalized spacial score (nSPS) is 13.8. The number of phenols is 1. The van der Waals surface area contributed by atoms with Gasteiger partial charge >= 0.3 is 29.6 Å². The molecule has 3 aromatic rings. The molecule has 194 valence electrons. The van der Waals surface area contributed by atoms with Gasteiger partial charge in [0.15, 0.2) is 0 Å². The van der Waals surface area contributed by atoms with Crippen LogP contribution >= 0.6 is 0 Å². The minimum Gasteiger partial charge on any atom is -0.748 e. The van der Waals surface area contributed by atoms with Gasteiger partial charge in [0.05, 0.1) is 16.7 Å². The van der Waals surface area contributed by atoms with Gasteiger partial charge in [-0.25, -0.2) is 8.42 Å². The molecular weight excluding hydrogens is 495 g/mol. The van der Waals surface area contributed by atoms with Crippen molar-refractivity contribution in [3.8, 4) is 11.5 Å². The van der Waals surface area contributed by atoms with E-state index in [2.05, 4.69) is 56.3 Å². The summed E-state index contributed by atoms with van der Waals surface area (Å²) >= 11 is 0. The van der Waals surface area contributed by atoms with Crippen LogP contribution in [0.25, 0.3) is 0 Å². The molecule has 0 aliphatic heterocycles. The zero-order valence-corrected chi connectivity index (χ0v) is 25.0. The Morgan fingerprint density at radius 2 is 1.41 bits per heavy atom. The van der Waals surface area contributed by atoms with Gasteiger partial charge < -0.3 is 14.4 Å². The van der Waals surface area contributed by atoms with Gasteiger partial charge in [-0.05, 0) is 90.8 Å². The van der Waals surface area contributed by atoms with Gasteiger partial charge in [0.1, 0.15) is 11.5 Å². The Balaban J connectivity index is 0.00000481. The molecule has 7 heteroatoms. The Hall–Kier alpha value is -1.83. The third-order valence-electron chi connectivity index (χ3n) is 6.84. The van der Waals surface area contributed by atoms with E-state index in [1.54, 1.807) is 12.1 Å². The van der Waals surface area contributed by atoms with Crippen molar-refractivity contribution in [1.29, 1.82) is 0 Å². The van der Waals surface area contributed by atoms with E-state index in [-0.39, 0.29) is 41.1 Å². The molecule has 0 aromatic heterocycles. The number of aromatic hydroxyl groups is 1. The summed E-state index contributed by atoms with van der Waals surface area (Å²) in [5, 5.41) is 9.81. The Bertz CT molecular complexity index is 1150. The molecule has 3 aromatic carbocycles. The predicted molar refractivity (Wildman–Crippen MR) is 144 cm³/mol. The first-order valence-corrected chi connectivity index (χ1v) is 14.3. The molecule has 1 N–H and O–H groups in total. The summed E-state index contributed by atoms with van der Waals surface area (Å²) in [5.74, 6) is 1.81. The maximum atomic E-state index is 10.7. The fraction of sp³-hybridized carbons (Fsp3) is 0.400. The zero-order chi connectivity index (χ0) is 26.0. The Kier molecular flexibility index (Phi) is 13.2. The SMILES string of the molecule is CCC(CC(CC(C)c1ccc(OCCCCS(=O)(=O)[O-])cc1)c1ccc(O)cc1)c1ccccc1.[Na+]. The molecule has 5 nitrogen and oxygen atoms in total. The molecular formula is C30H37NaO5S. The number of rotatable bonds is 14. The molecule has 0 spiro atoms. The van der Waals surface area contributed by atoms with Gasteiger partial charge in [0.25, 0.3) is 0 Å². The molecule has 0 radical (unpaired) electrons. The molecule has 0 bridgehead atoms. The van der Waals surface area contributed by atoms with Crippen LogP contribution in [0.15, 0.2) is 78.9 Å². The van der Waals surface area contributed by atoms with Crippen LogP contribution < -0.4 is 34.3 Å². The maximum Gasteiger partial charge on any atom is 1.00 e. The van der Waals surface area contributed by atoms with E-state index in [0.29, 0.717) is 37.2 Å². The molecule has 3 atom stereocenters. The van der Waals surface area contributed by atoms with Crippen molar-refractivity contribution in [1.82, 2.24) is 0 Å². The molecule has 37 heavy (non-hydrogen) atoms. The third-order valence-corrected chi connectivity index (χ3v) is 7.63. The molecule has 0 aliphatic carbocycles. The fourth-order valence-corrected chi connectivity index (χ4v) is 5.31. The molecule has 3 rings (SSSR count). The number of hydrogen-bond donors (Lipinski definition) is 1. The van der Waals surface area contributed by atoms with Crippen LogP contribution in [0, 0.1) is 0 Å². The minimum atomic E-state index is -4.16. The second-order valence-corrected chi connectivity index (χ2v) is 11.1. The summed E-state index contributed by atoms with van der Waals surface area (Å²) in [5.41, 5.74) is 3.84. The van der Waals surface area contributed by atoms with Crippen molar-refractivity contribution in [2.75, 3.05) is 12.4 Å². The van der Waals surface area contributed by atoms with Crippen LogP contribution in [0.5, 0.6) is 11.5 Å². The second kappa shape index (κ2) is 15.6. The van der Waals surface area contributed by atoms with Gasteiger partial charge in [-0.3, -0.25) is 0 Å². The average Bonchev–Trinajstić information content (AvgIpc) is 2.87. The first kappa shape index (κ1) is 31.4. The van der Waals surface area contributed by atoms with Crippen molar-refractivity contribution in [2.24, 2.45) is 0 Å². The van der Waals surface area contributed by atoms with Crippen molar-refractivity contribution in [3.63, 3.8) is 0 Å². The van der Waals surface area contributed by atoms with E-state index < -0.39 is 10.1 Å². The van der Waals surface area contributed by atoms with Crippen molar-refractivity contribution in [2.45, 2.75) is 63.7 Å². The number of ether oxygens (including phenoxy) is 1. The van der Waals surface area contributed by atoms with Crippen molar-refractivity contribution in [3.05, 3.63) is 95.6 Å². The van der Waals surface area contributed by atoms with Gasteiger partial charge in [-0.15, -0.1) is 0 Å². The molecule has 0 saturated heterocycles. The quantitative estimate of drug-likeness (QED) is 0.193. The third kappa shape index (κ3) is 10.8. The fourth-order valence-electron chi connectivity index (χ4n) is 4.75. The van der Waals surface area contributed by atoms with Crippen LogP contribution in [-0.2, 0) is 10.1 Å². The number of benzene rings is 3. The van der Waals surface area contributed by atoms with Gasteiger partial charge in [0.2, 0.25) is 0 Å². The van der Waals surface area contributed by atoms with Crippen LogP contribution in [0.2, 0.25) is 0 Å². The van der Waals surface area contributed by atoms with E-state index in [0.717, 1.165) is 25.0 Å². The van der Waals surface area contributed by atoms with E-state index in [9.17, 15) is 18.1 Å². The minimum absolute atomic E-state index is 0. The van der Waals surface area contributed by atoms with Crippen LogP contribution in [-0.4, -0.2) is 30.4 Å². The zero-order valence-electron chi connectivity index (χ0n) is 22.2. The predicted octanol–water partition coefficient (Wildman–Crippen LogP) is 3.96. The molecule has 0 amide bonds. The van der Waals surface area contributed by atoms with Crippen LogP contribution in [0.1, 0.15) is 80.4 Å². The van der Waals surface area contributed by atoms with E-state index >= 15 is 0 Å². The monoisotopic (exact) mass is 532 g/mol. The summed E-state index contributed by atoms with van der Waals surface area (Å²) in [6, 6.07) is 26.4. The maximum absolute atomic E-state index is 10.7. The molecule has 0 heterocycles. The Morgan fingerprint density at radius 1 is 0.811 bits per heavy atom. The summed E-state index contributed by atoms with van der Waals surface area (Å²) in [7, 11) is -4.16. The smallest absolute Gasteiger partial charge is 0.748 e. The van der Waals surface area contributed by atoms with E-state index in [1.165, 1.54) is 16.7 Å². The summed E-state index contributed by atoms with van der Waals surface area (Å²) in [4.78, 5) is 0. The summed E-state index contributed by atoms with van der Waals surface area (Å²) in [6.45, 7) is 4.87. The van der Waals surface area contributed by atoms with Crippen LogP contribution in [0.3, 0.4) is 0 Å². The van der Waals surface area contributed by atoms with Gasteiger partial charge in [0, 0.05) is 5.75 Å². The van der Waals surface area contributed by atoms with Gasteiger partial charge in [-0.1, -0.05) is 68.4 Å². The van der Waals surface area contributed by atoms with E-state index in [4.69, 9.17) is 4.74 Å². The molecule has 0 saturated carbocycles. The number of phenolic OH excluding ortho intramolecular Hbond substituents is 1.